The minimum absolute atomic E-state index is 0.120. The van der Waals surface area contributed by atoms with Crippen molar-refractivity contribution in [1.82, 2.24) is 0 Å². The minimum atomic E-state index is -0.523. The lowest BCUT2D eigenvalue weighted by Crippen LogP contribution is -2.41. The van der Waals surface area contributed by atoms with E-state index >= 15 is 0 Å². The quantitative estimate of drug-likeness (QED) is 0.0328. The van der Waals surface area contributed by atoms with Gasteiger partial charge in [-0.1, -0.05) is 129 Å². The molecule has 0 N–H and O–H groups in total. The second-order valence-corrected chi connectivity index (χ2v) is 37.7. The van der Waals surface area contributed by atoms with Crippen LogP contribution in [0, 0.1) is 0 Å². The van der Waals surface area contributed by atoms with Gasteiger partial charge in [0.15, 0.2) is 0 Å². The van der Waals surface area contributed by atoms with Gasteiger partial charge in [0.05, 0.1) is 33.6 Å². The zero-order chi connectivity index (χ0) is 68.3. The zero-order valence-electron chi connectivity index (χ0n) is 60.7. The molecule has 7 nitrogen and oxygen atoms in total. The Labute approximate surface area is 606 Å². The third kappa shape index (κ3) is 19.4. The highest BCUT2D eigenvalue weighted by molar-refractivity contribution is 7.32. The van der Waals surface area contributed by atoms with Gasteiger partial charge in [0, 0.05) is 74.2 Å². The summed E-state index contributed by atoms with van der Waals surface area (Å²) in [6.45, 7) is 38.2. The van der Waals surface area contributed by atoms with E-state index in [2.05, 4.69) is 167 Å². The number of rotatable bonds is 30. The van der Waals surface area contributed by atoms with E-state index in [1.807, 2.05) is 132 Å². The molecule has 3 aliphatic rings. The molecule has 0 atom stereocenters. The van der Waals surface area contributed by atoms with Crippen molar-refractivity contribution in [3.63, 3.8) is 0 Å². The van der Waals surface area contributed by atoms with Crippen LogP contribution in [0.3, 0.4) is 0 Å². The van der Waals surface area contributed by atoms with Gasteiger partial charge in [0.2, 0.25) is 0 Å². The lowest BCUT2D eigenvalue weighted by molar-refractivity contribution is 0.00578. The Bertz CT molecular complexity index is 3350. The van der Waals surface area contributed by atoms with Gasteiger partial charge >= 0.3 is 21.6 Å². The molecule has 0 unspecified atom stereocenters. The number of thiophene rings is 8. The Hall–Kier alpha value is -2.49. The number of unbranched alkanes of at least 4 members (excludes halogenated alkanes) is 12. The van der Waals surface area contributed by atoms with Crippen LogP contribution in [0.1, 0.15) is 250 Å². The molecule has 0 radical (unpaired) electrons. The number of hydrogen-bond acceptors (Lipinski definition) is 15. The molecule has 3 saturated heterocycles. The molecule has 3 aliphatic heterocycles. The normalized spacial score (nSPS) is 17.5. The van der Waals surface area contributed by atoms with Gasteiger partial charge in [-0.2, -0.15) is 0 Å². The maximum atomic E-state index is 6.42. The largest absolute Gasteiger partial charge is 0.640 e. The summed E-state index contributed by atoms with van der Waals surface area (Å²) < 4.78 is 44.7. The molecule has 0 aliphatic carbocycles. The van der Waals surface area contributed by atoms with Crippen molar-refractivity contribution in [2.75, 3.05) is 0 Å². The molecular weight excluding hydrogens is 1330 g/mol. The van der Waals surface area contributed by atoms with E-state index in [4.69, 9.17) is 32.6 Å². The first-order valence-electron chi connectivity index (χ1n) is 35.7. The van der Waals surface area contributed by atoms with Crippen molar-refractivity contribution in [1.29, 1.82) is 0 Å². The fourth-order valence-electron chi connectivity index (χ4n) is 11.7. The number of aryl methyl sites for hydroxylation is 4. The summed E-state index contributed by atoms with van der Waals surface area (Å²) in [4.78, 5) is 17.0. The van der Waals surface area contributed by atoms with Crippen molar-refractivity contribution in [3.8, 4) is 58.5 Å². The Morgan fingerprint density at radius 2 is 0.621 bits per heavy atom. The molecule has 11 heterocycles. The van der Waals surface area contributed by atoms with Gasteiger partial charge in [-0.25, -0.2) is 0 Å². The third-order valence-electron chi connectivity index (χ3n) is 19.7. The van der Waals surface area contributed by atoms with E-state index in [-0.39, 0.29) is 53.9 Å². The van der Waals surface area contributed by atoms with Crippen molar-refractivity contribution in [3.05, 3.63) is 106 Å². The van der Waals surface area contributed by atoms with Gasteiger partial charge < -0.3 is 32.6 Å². The molecule has 3 fully saturated rings. The summed E-state index contributed by atoms with van der Waals surface area (Å²) in [5, 5.41) is 4.41. The van der Waals surface area contributed by atoms with Crippen LogP contribution in [0.2, 0.25) is 0 Å². The van der Waals surface area contributed by atoms with E-state index in [1.165, 1.54) is 175 Å². The first kappa shape index (κ1) is 76.7. The second-order valence-electron chi connectivity index (χ2n) is 29.4. The summed E-state index contributed by atoms with van der Waals surface area (Å²) in [7, 11) is -1.17. The van der Waals surface area contributed by atoms with E-state index in [0.29, 0.717) is 0 Å². The van der Waals surface area contributed by atoms with Crippen LogP contribution < -0.4 is 9.55 Å². The maximum absolute atomic E-state index is 6.42. The van der Waals surface area contributed by atoms with Crippen LogP contribution in [0.4, 0.5) is 0 Å². The molecular formula is C77H109B3O7S8. The van der Waals surface area contributed by atoms with E-state index in [1.54, 1.807) is 20.9 Å². The minimum Gasteiger partial charge on any atom is -0.399 e. The van der Waals surface area contributed by atoms with Gasteiger partial charge in [-0.15, -0.1) is 90.7 Å². The van der Waals surface area contributed by atoms with Crippen LogP contribution in [0.15, 0.2) is 83.6 Å². The number of hydrogen-bond donors (Lipinski definition) is 0. The van der Waals surface area contributed by atoms with Crippen LogP contribution in [0.25, 0.3) is 58.5 Å². The third-order valence-corrected chi connectivity index (χ3v) is 29.5. The summed E-state index contributed by atoms with van der Waals surface area (Å²) >= 11 is 15.4. The van der Waals surface area contributed by atoms with E-state index in [0.717, 1.165) is 22.4 Å². The van der Waals surface area contributed by atoms with E-state index in [9.17, 15) is 0 Å². The topological polar surface area (TPSA) is 64.6 Å². The highest BCUT2D eigenvalue weighted by Crippen LogP contribution is 2.51. The highest BCUT2D eigenvalue weighted by Gasteiger charge is 2.55. The predicted octanol–water partition coefficient (Wildman–Crippen LogP) is 25.0. The standard InChI is InChI=1S/C40H56B2O4S4.C28H34S4.C9H19BO3/c1-11-13-15-17-19-27-25-31(29-21-23-33(47-29)41-43-37(3,4)38(5,6)44-41)49-35(27)36-28(20-18-16-14-12-2)26-32(50-36)30-22-24-34(48-30)42-45-39(7,8)40(9,10)46-42;1-3-5-7-9-13-21-19-25(23-15-11-17-29-23)31-27(21)28-22(14-10-8-6-4-2)20-26(32-28)24-16-12-18-30-24;1-7(2)11-10-12-8(3,4)9(5,6)13-10/h21-26H,11-20H2,1-10H3;11-12,15-20H,3-10,13-14H2,1-2H3;7H,1-6H3. The van der Waals surface area contributed by atoms with Crippen LogP contribution >= 0.6 is 90.7 Å². The predicted molar refractivity (Wildman–Crippen MR) is 424 cm³/mol. The molecule has 11 rings (SSSR count). The van der Waals surface area contributed by atoms with Gasteiger partial charge in [0.1, 0.15) is 0 Å². The fraction of sp³-hybridized carbons (Fsp3) is 0.584. The van der Waals surface area contributed by atoms with Crippen molar-refractivity contribution >= 4 is 122 Å². The maximum Gasteiger partial charge on any atom is 0.640 e. The summed E-state index contributed by atoms with van der Waals surface area (Å²) in [5.74, 6) is 0. The Morgan fingerprint density at radius 1 is 0.337 bits per heavy atom. The van der Waals surface area contributed by atoms with Crippen LogP contribution in [-0.2, 0) is 58.3 Å². The smallest absolute Gasteiger partial charge is 0.399 e. The van der Waals surface area contributed by atoms with Crippen molar-refractivity contribution < 1.29 is 32.6 Å². The summed E-state index contributed by atoms with van der Waals surface area (Å²) in [6.07, 6.45) is 25.5. The zero-order valence-corrected chi connectivity index (χ0v) is 67.2. The van der Waals surface area contributed by atoms with Gasteiger partial charge in [0.25, 0.3) is 0 Å². The molecule has 18 heteroatoms. The van der Waals surface area contributed by atoms with Gasteiger partial charge in [-0.3, -0.25) is 0 Å². The monoisotopic (exact) mass is 1430 g/mol. The fourth-order valence-corrected chi connectivity index (χ4v) is 20.7. The lowest BCUT2D eigenvalue weighted by Gasteiger charge is -2.32. The second kappa shape index (κ2) is 34.0. The SMILES string of the molecule is CC(C)OB1OC(C)(C)C(C)(C)O1.CCCCCCc1cc(-c2ccc(B3OC(C)(C)C(C)(C)O3)s2)sc1-c1sc(-c2ccc(B3OC(C)(C)C(C)(C)O3)s2)cc1CCCCCC.CCCCCCc1cc(-c2cccs2)sc1-c1sc(-c2cccs2)cc1CCCCCC. The summed E-state index contributed by atoms with van der Waals surface area (Å²) in [6, 6.07) is 27.9. The Balaban J connectivity index is 0.000000199. The Kier molecular flexibility index (Phi) is 27.4. The first-order valence-corrected chi connectivity index (χ1v) is 42.4. The average molecular weight is 1440 g/mol. The Morgan fingerprint density at radius 3 is 0.884 bits per heavy atom. The van der Waals surface area contributed by atoms with Crippen LogP contribution in [0.5, 0.6) is 0 Å². The van der Waals surface area contributed by atoms with Crippen molar-refractivity contribution in [2.45, 2.75) is 293 Å². The molecule has 0 bridgehead atoms. The molecule has 0 aromatic carbocycles. The van der Waals surface area contributed by atoms with Gasteiger partial charge in [-0.05, 0) is 230 Å². The van der Waals surface area contributed by atoms with E-state index < -0.39 is 7.32 Å². The summed E-state index contributed by atoms with van der Waals surface area (Å²) in [5.41, 5.74) is 4.16. The molecule has 0 spiro atoms. The average Bonchev–Trinajstić information content (AvgIpc) is 1.64. The first-order chi connectivity index (χ1) is 45.2. The molecule has 0 amide bonds. The molecule has 8 aromatic rings. The lowest BCUT2D eigenvalue weighted by atomic mass is 9.88. The molecule has 516 valence electrons. The van der Waals surface area contributed by atoms with Crippen LogP contribution in [-0.4, -0.2) is 61.3 Å². The van der Waals surface area contributed by atoms with Crippen molar-refractivity contribution in [2.24, 2.45) is 0 Å². The highest BCUT2D eigenvalue weighted by atomic mass is 32.1. The molecule has 95 heavy (non-hydrogen) atoms. The molecule has 8 aromatic heterocycles. The molecule has 0 saturated carbocycles.